The fourth-order valence-corrected chi connectivity index (χ4v) is 3.36. The number of nitrogens with zero attached hydrogens (tertiary/aromatic N) is 1. The molecule has 0 radical (unpaired) electrons. The molecule has 3 aromatic rings. The number of furan rings is 1. The van der Waals surface area contributed by atoms with Crippen LogP contribution in [0.3, 0.4) is 0 Å². The van der Waals surface area contributed by atoms with E-state index in [4.69, 9.17) is 9.15 Å². The highest BCUT2D eigenvalue weighted by Crippen LogP contribution is 2.26. The van der Waals surface area contributed by atoms with Gasteiger partial charge in [-0.05, 0) is 42.8 Å². The quantitative estimate of drug-likeness (QED) is 0.619. The van der Waals surface area contributed by atoms with Crippen LogP contribution in [0.15, 0.2) is 51.6 Å². The van der Waals surface area contributed by atoms with Gasteiger partial charge in [-0.3, -0.25) is 9.59 Å². The average molecular weight is 445 g/mol. The van der Waals surface area contributed by atoms with Gasteiger partial charge in [0.1, 0.15) is 11.3 Å². The van der Waals surface area contributed by atoms with Gasteiger partial charge in [0.15, 0.2) is 0 Å². The largest absolute Gasteiger partial charge is 0.497 e. The number of nitrogens with one attached hydrogen (secondary N) is 1. The molecule has 0 aliphatic heterocycles. The summed E-state index contributed by atoms with van der Waals surface area (Å²) < 4.78 is 11.6. The van der Waals surface area contributed by atoms with E-state index in [0.717, 1.165) is 26.7 Å². The lowest BCUT2D eigenvalue weighted by atomic mass is 10.1. The Morgan fingerprint density at radius 1 is 1.21 bits per heavy atom. The van der Waals surface area contributed by atoms with Crippen molar-refractivity contribution in [3.63, 3.8) is 0 Å². The smallest absolute Gasteiger partial charge is 0.243 e. The number of carbonyl (C=O) groups excluding carboxylic acids is 2. The van der Waals surface area contributed by atoms with E-state index in [0.29, 0.717) is 11.3 Å². The van der Waals surface area contributed by atoms with Crippen LogP contribution in [-0.2, 0) is 16.0 Å². The number of aryl methyl sites for hydroxylation is 1. The molecular formula is C21H21BrN2O4. The maximum absolute atomic E-state index is 12.6. The van der Waals surface area contributed by atoms with Crippen molar-refractivity contribution in [1.82, 2.24) is 4.90 Å². The Morgan fingerprint density at radius 3 is 2.71 bits per heavy atom. The number of amides is 2. The predicted octanol–water partition coefficient (Wildman–Crippen LogP) is 4.15. The van der Waals surface area contributed by atoms with Crippen molar-refractivity contribution in [3.8, 4) is 5.75 Å². The van der Waals surface area contributed by atoms with Gasteiger partial charge in [0.2, 0.25) is 11.8 Å². The Bertz CT molecular complexity index is 1030. The maximum atomic E-state index is 12.6. The van der Waals surface area contributed by atoms with E-state index in [2.05, 4.69) is 21.2 Å². The number of anilines is 1. The van der Waals surface area contributed by atoms with Crippen LogP contribution in [-0.4, -0.2) is 37.4 Å². The minimum atomic E-state index is -0.247. The van der Waals surface area contributed by atoms with Crippen molar-refractivity contribution in [2.24, 2.45) is 0 Å². The molecule has 0 atom stereocenters. The van der Waals surface area contributed by atoms with Crippen LogP contribution in [0.25, 0.3) is 11.0 Å². The molecule has 146 valence electrons. The van der Waals surface area contributed by atoms with Gasteiger partial charge < -0.3 is 19.4 Å². The first-order valence-corrected chi connectivity index (χ1v) is 9.50. The van der Waals surface area contributed by atoms with Gasteiger partial charge in [0.25, 0.3) is 0 Å². The highest BCUT2D eigenvalue weighted by Gasteiger charge is 2.17. The van der Waals surface area contributed by atoms with E-state index in [-0.39, 0.29) is 24.8 Å². The number of likely N-dealkylation sites (N-methyl/N-ethyl adjacent to an activating group) is 1. The Kier molecular flexibility index (Phi) is 6.04. The summed E-state index contributed by atoms with van der Waals surface area (Å²) in [6.07, 6.45) is 1.72. The van der Waals surface area contributed by atoms with Crippen molar-refractivity contribution in [3.05, 3.63) is 58.3 Å². The summed E-state index contributed by atoms with van der Waals surface area (Å²) in [7, 11) is 3.20. The second-order valence-corrected chi connectivity index (χ2v) is 7.47. The number of hydrogen-bond donors (Lipinski definition) is 1. The van der Waals surface area contributed by atoms with E-state index < -0.39 is 0 Å². The molecular weight excluding hydrogens is 424 g/mol. The Hall–Kier alpha value is -2.80. The minimum Gasteiger partial charge on any atom is -0.497 e. The molecule has 2 aromatic carbocycles. The number of fused-ring (bicyclic) bond motifs is 1. The maximum Gasteiger partial charge on any atom is 0.243 e. The van der Waals surface area contributed by atoms with E-state index in [1.54, 1.807) is 26.5 Å². The molecule has 28 heavy (non-hydrogen) atoms. The molecule has 0 saturated carbocycles. The summed E-state index contributed by atoms with van der Waals surface area (Å²) in [4.78, 5) is 26.3. The summed E-state index contributed by atoms with van der Waals surface area (Å²) in [5.41, 5.74) is 3.10. The van der Waals surface area contributed by atoms with E-state index in [9.17, 15) is 9.59 Å². The second-order valence-electron chi connectivity index (χ2n) is 6.56. The molecule has 6 nitrogen and oxygen atoms in total. The number of benzene rings is 2. The molecule has 0 spiro atoms. The van der Waals surface area contributed by atoms with Crippen molar-refractivity contribution in [2.45, 2.75) is 13.3 Å². The van der Waals surface area contributed by atoms with Gasteiger partial charge >= 0.3 is 0 Å². The Balaban J connectivity index is 1.62. The summed E-state index contributed by atoms with van der Waals surface area (Å²) in [6.45, 7) is 1.88. The second kappa shape index (κ2) is 8.48. The van der Waals surface area contributed by atoms with Crippen molar-refractivity contribution >= 4 is 44.4 Å². The van der Waals surface area contributed by atoms with Crippen molar-refractivity contribution < 1.29 is 18.7 Å². The molecule has 3 rings (SSSR count). The number of methoxy groups -OCH3 is 1. The highest BCUT2D eigenvalue weighted by molar-refractivity contribution is 9.10. The van der Waals surface area contributed by atoms with Gasteiger partial charge in [-0.25, -0.2) is 0 Å². The average Bonchev–Trinajstić information content (AvgIpc) is 3.05. The molecule has 7 heteroatoms. The molecule has 0 aliphatic carbocycles. The van der Waals surface area contributed by atoms with Crippen LogP contribution in [0.1, 0.15) is 11.1 Å². The van der Waals surface area contributed by atoms with E-state index in [1.807, 2.05) is 37.3 Å². The third kappa shape index (κ3) is 4.54. The summed E-state index contributed by atoms with van der Waals surface area (Å²) in [5.74, 6) is 0.279. The van der Waals surface area contributed by atoms with Crippen LogP contribution in [0.4, 0.5) is 5.69 Å². The summed E-state index contributed by atoms with van der Waals surface area (Å²) in [5, 5.41) is 3.70. The highest BCUT2D eigenvalue weighted by atomic mass is 79.9. The minimum absolute atomic E-state index is 0.0298. The van der Waals surface area contributed by atoms with E-state index in [1.165, 1.54) is 4.90 Å². The SMILES string of the molecule is COc1ccc2c(CC(=O)N(C)CC(=O)Nc3ccc(Br)cc3C)coc2c1. The summed E-state index contributed by atoms with van der Waals surface area (Å²) in [6, 6.07) is 11.1. The molecule has 1 heterocycles. The third-order valence-electron chi connectivity index (χ3n) is 4.47. The van der Waals surface area contributed by atoms with Crippen LogP contribution in [0.5, 0.6) is 5.75 Å². The number of rotatable bonds is 6. The normalized spacial score (nSPS) is 10.7. The lowest BCUT2D eigenvalue weighted by molar-refractivity contribution is -0.132. The zero-order valence-electron chi connectivity index (χ0n) is 15.9. The van der Waals surface area contributed by atoms with Gasteiger partial charge in [-0.15, -0.1) is 0 Å². The fourth-order valence-electron chi connectivity index (χ4n) is 2.89. The number of halogens is 1. The van der Waals surface area contributed by atoms with Gasteiger partial charge in [-0.1, -0.05) is 15.9 Å². The van der Waals surface area contributed by atoms with E-state index >= 15 is 0 Å². The van der Waals surface area contributed by atoms with Gasteiger partial charge in [-0.2, -0.15) is 0 Å². The first-order valence-electron chi connectivity index (χ1n) is 8.71. The lowest BCUT2D eigenvalue weighted by Gasteiger charge is -2.17. The topological polar surface area (TPSA) is 71.8 Å². The fraction of sp³-hybridized carbons (Fsp3) is 0.238. The Labute approximate surface area is 171 Å². The Morgan fingerprint density at radius 2 is 2.00 bits per heavy atom. The molecule has 1 aromatic heterocycles. The van der Waals surface area contributed by atoms with Crippen LogP contribution in [0, 0.1) is 6.92 Å². The first kappa shape index (κ1) is 19.9. The molecule has 0 saturated heterocycles. The molecule has 0 fully saturated rings. The zero-order chi connectivity index (χ0) is 20.3. The van der Waals surface area contributed by atoms with Crippen LogP contribution < -0.4 is 10.1 Å². The van der Waals surface area contributed by atoms with Crippen molar-refractivity contribution in [1.29, 1.82) is 0 Å². The molecule has 1 N–H and O–H groups in total. The van der Waals surface area contributed by atoms with Crippen molar-refractivity contribution in [2.75, 3.05) is 26.0 Å². The van der Waals surface area contributed by atoms with Gasteiger partial charge in [0, 0.05) is 34.2 Å². The summed E-state index contributed by atoms with van der Waals surface area (Å²) >= 11 is 3.39. The monoisotopic (exact) mass is 444 g/mol. The van der Waals surface area contributed by atoms with Crippen LogP contribution in [0.2, 0.25) is 0 Å². The molecule has 0 bridgehead atoms. The number of hydrogen-bond acceptors (Lipinski definition) is 4. The lowest BCUT2D eigenvalue weighted by Crippen LogP contribution is -2.35. The molecule has 0 unspecified atom stereocenters. The zero-order valence-corrected chi connectivity index (χ0v) is 17.5. The van der Waals surface area contributed by atoms with Gasteiger partial charge in [0.05, 0.1) is 26.3 Å². The number of ether oxygens (including phenoxy) is 1. The first-order chi connectivity index (χ1) is 13.4. The predicted molar refractivity (Wildman–Crippen MR) is 112 cm³/mol. The standard InChI is InChI=1S/C21H21BrN2O4/c1-13-8-15(22)4-7-18(13)23-20(25)11-24(2)21(26)9-14-12-28-19-10-16(27-3)5-6-17(14)19/h4-8,10,12H,9,11H2,1-3H3,(H,23,25). The van der Waals surface area contributed by atoms with Crippen LogP contribution >= 0.6 is 15.9 Å². The number of carbonyl (C=O) groups is 2. The molecule has 0 aliphatic rings. The molecule has 2 amide bonds. The third-order valence-corrected chi connectivity index (χ3v) is 4.97.